The molecule has 1 rings (SSSR count). The van der Waals surface area contributed by atoms with Crippen LogP contribution in [0.4, 0.5) is 0 Å². The van der Waals surface area contributed by atoms with E-state index in [0.29, 0.717) is 12.5 Å². The number of aliphatic imine (C=N–C) groups is 1. The summed E-state index contributed by atoms with van der Waals surface area (Å²) in [5.41, 5.74) is 0.896. The molecule has 0 unspecified atom stereocenters. The van der Waals surface area contributed by atoms with Crippen molar-refractivity contribution in [3.63, 3.8) is 0 Å². The zero-order valence-electron chi connectivity index (χ0n) is 13.5. The monoisotopic (exact) mass is 419 g/mol. The van der Waals surface area contributed by atoms with Crippen molar-refractivity contribution in [1.82, 2.24) is 20.5 Å². The molecule has 22 heavy (non-hydrogen) atoms. The minimum absolute atomic E-state index is 0. The number of pyridine rings is 1. The van der Waals surface area contributed by atoms with E-state index in [9.17, 15) is 4.79 Å². The van der Waals surface area contributed by atoms with Crippen molar-refractivity contribution in [2.45, 2.75) is 26.3 Å². The van der Waals surface area contributed by atoms with Crippen LogP contribution in [-0.4, -0.2) is 48.9 Å². The van der Waals surface area contributed by atoms with Gasteiger partial charge in [-0.25, -0.2) is 4.99 Å². The lowest BCUT2D eigenvalue weighted by molar-refractivity contribution is -0.127. The lowest BCUT2D eigenvalue weighted by Gasteiger charge is -2.14. The Balaban J connectivity index is 0.00000441. The van der Waals surface area contributed by atoms with Crippen LogP contribution in [0.5, 0.6) is 0 Å². The quantitative estimate of drug-likeness (QED) is 0.305. The predicted octanol–water partition coefficient (Wildman–Crippen LogP) is 1.62. The van der Waals surface area contributed by atoms with Gasteiger partial charge >= 0.3 is 0 Å². The third-order valence-electron chi connectivity index (χ3n) is 2.85. The van der Waals surface area contributed by atoms with Gasteiger partial charge in [0.2, 0.25) is 5.91 Å². The first-order valence-electron chi connectivity index (χ1n) is 7.25. The highest BCUT2D eigenvalue weighted by atomic mass is 127. The summed E-state index contributed by atoms with van der Waals surface area (Å²) in [7, 11) is 3.47. The van der Waals surface area contributed by atoms with Crippen molar-refractivity contribution in [2.75, 3.05) is 27.2 Å². The Labute approximate surface area is 149 Å². The molecular formula is C15H26IN5O. The molecule has 1 heterocycles. The Morgan fingerprint density at radius 3 is 2.68 bits per heavy atom. The minimum atomic E-state index is 0. The number of halogens is 1. The zero-order chi connectivity index (χ0) is 15.5. The summed E-state index contributed by atoms with van der Waals surface area (Å²) in [6, 6.07) is 5.74. The summed E-state index contributed by atoms with van der Waals surface area (Å²) in [6.07, 6.45) is 3.92. The smallest absolute Gasteiger partial charge is 0.241 e. The maximum Gasteiger partial charge on any atom is 0.241 e. The van der Waals surface area contributed by atoms with Crippen molar-refractivity contribution in [2.24, 2.45) is 4.99 Å². The van der Waals surface area contributed by atoms with Crippen LogP contribution in [0.25, 0.3) is 0 Å². The fraction of sp³-hybridized carbons (Fsp3) is 0.533. The number of unbranched alkanes of at least 4 members (excludes halogenated alkanes) is 1. The van der Waals surface area contributed by atoms with E-state index in [-0.39, 0.29) is 36.4 Å². The Kier molecular flexibility index (Phi) is 11.4. The second kappa shape index (κ2) is 12.2. The minimum Gasteiger partial charge on any atom is -0.356 e. The van der Waals surface area contributed by atoms with Crippen molar-refractivity contribution < 1.29 is 4.79 Å². The van der Waals surface area contributed by atoms with Crippen LogP contribution < -0.4 is 10.6 Å². The van der Waals surface area contributed by atoms with E-state index in [1.165, 1.54) is 0 Å². The maximum absolute atomic E-state index is 11.6. The lowest BCUT2D eigenvalue weighted by Crippen LogP contribution is -2.43. The van der Waals surface area contributed by atoms with E-state index in [4.69, 9.17) is 0 Å². The SMILES string of the molecule is CCCCNC(=NCc1ccccn1)NCC(=O)N(C)C.I. The molecule has 0 saturated heterocycles. The molecule has 1 aromatic rings. The molecule has 0 saturated carbocycles. The standard InChI is InChI=1S/C15H25N5O.HI/c1-4-5-9-17-15(19-12-14(21)20(2)3)18-11-13-8-6-7-10-16-13;/h6-8,10H,4-5,9,11-12H2,1-3H3,(H2,17,18,19);1H. The Bertz CT molecular complexity index is 451. The van der Waals surface area contributed by atoms with E-state index in [1.54, 1.807) is 25.2 Å². The van der Waals surface area contributed by atoms with Gasteiger partial charge in [0.05, 0.1) is 18.8 Å². The molecular weight excluding hydrogens is 393 g/mol. The fourth-order valence-electron chi connectivity index (χ4n) is 1.53. The van der Waals surface area contributed by atoms with Gasteiger partial charge < -0.3 is 15.5 Å². The van der Waals surface area contributed by atoms with E-state index in [1.807, 2.05) is 18.2 Å². The first-order valence-corrected chi connectivity index (χ1v) is 7.25. The number of nitrogens with zero attached hydrogens (tertiary/aromatic N) is 3. The molecule has 0 radical (unpaired) electrons. The summed E-state index contributed by atoms with van der Waals surface area (Å²) in [5.74, 6) is 0.655. The summed E-state index contributed by atoms with van der Waals surface area (Å²) in [4.78, 5) is 21.9. The molecule has 0 aliphatic rings. The second-order valence-electron chi connectivity index (χ2n) is 4.91. The predicted molar refractivity (Wildman–Crippen MR) is 100 cm³/mol. The summed E-state index contributed by atoms with van der Waals surface area (Å²) in [5, 5.41) is 6.28. The lowest BCUT2D eigenvalue weighted by atomic mass is 10.3. The third kappa shape index (κ3) is 8.81. The van der Waals surface area contributed by atoms with E-state index >= 15 is 0 Å². The van der Waals surface area contributed by atoms with Gasteiger partial charge in [0.15, 0.2) is 5.96 Å². The maximum atomic E-state index is 11.6. The highest BCUT2D eigenvalue weighted by molar-refractivity contribution is 14.0. The Hall–Kier alpha value is -1.38. The van der Waals surface area contributed by atoms with E-state index in [2.05, 4.69) is 27.5 Å². The Morgan fingerprint density at radius 1 is 1.32 bits per heavy atom. The number of likely N-dealkylation sites (N-methyl/N-ethyl adjacent to an activating group) is 1. The highest BCUT2D eigenvalue weighted by Crippen LogP contribution is 1.95. The van der Waals surface area contributed by atoms with Gasteiger partial charge in [-0.1, -0.05) is 19.4 Å². The fourth-order valence-corrected chi connectivity index (χ4v) is 1.53. The van der Waals surface area contributed by atoms with Gasteiger partial charge in [0, 0.05) is 26.8 Å². The average Bonchev–Trinajstić information content (AvgIpc) is 2.50. The van der Waals surface area contributed by atoms with Crippen LogP contribution in [0.3, 0.4) is 0 Å². The molecule has 6 nitrogen and oxygen atoms in total. The molecule has 0 aliphatic carbocycles. The van der Waals surface area contributed by atoms with E-state index in [0.717, 1.165) is 25.1 Å². The van der Waals surface area contributed by atoms with Gasteiger partial charge in [0.25, 0.3) is 0 Å². The van der Waals surface area contributed by atoms with Gasteiger partial charge in [0.1, 0.15) is 0 Å². The first-order chi connectivity index (χ1) is 10.1. The van der Waals surface area contributed by atoms with Crippen molar-refractivity contribution in [1.29, 1.82) is 0 Å². The normalized spacial score (nSPS) is 10.6. The molecule has 1 aromatic heterocycles. The van der Waals surface area contributed by atoms with Crippen LogP contribution in [0, 0.1) is 0 Å². The van der Waals surface area contributed by atoms with Gasteiger partial charge in [-0.05, 0) is 18.6 Å². The number of hydrogen-bond acceptors (Lipinski definition) is 3. The molecule has 1 amide bonds. The van der Waals surface area contributed by atoms with Gasteiger partial charge in [-0.3, -0.25) is 9.78 Å². The van der Waals surface area contributed by atoms with Crippen molar-refractivity contribution in [3.05, 3.63) is 30.1 Å². The molecule has 2 N–H and O–H groups in total. The second-order valence-corrected chi connectivity index (χ2v) is 4.91. The number of rotatable bonds is 7. The molecule has 0 bridgehead atoms. The first kappa shape index (κ1) is 20.6. The average molecular weight is 419 g/mol. The summed E-state index contributed by atoms with van der Waals surface area (Å²) in [6.45, 7) is 3.68. The van der Waals surface area contributed by atoms with Gasteiger partial charge in [-0.15, -0.1) is 24.0 Å². The zero-order valence-corrected chi connectivity index (χ0v) is 15.8. The largest absolute Gasteiger partial charge is 0.356 e. The number of hydrogen-bond donors (Lipinski definition) is 2. The van der Waals surface area contributed by atoms with Crippen LogP contribution >= 0.6 is 24.0 Å². The molecule has 0 aromatic carbocycles. The third-order valence-corrected chi connectivity index (χ3v) is 2.85. The number of guanidine groups is 1. The van der Waals surface area contributed by atoms with Crippen molar-refractivity contribution >= 4 is 35.8 Å². The van der Waals surface area contributed by atoms with Gasteiger partial charge in [-0.2, -0.15) is 0 Å². The number of nitrogens with one attached hydrogen (secondary N) is 2. The van der Waals surface area contributed by atoms with Crippen molar-refractivity contribution in [3.8, 4) is 0 Å². The number of carbonyl (C=O) groups excluding carboxylic acids is 1. The summed E-state index contributed by atoms with van der Waals surface area (Å²) >= 11 is 0. The molecule has 7 heteroatoms. The van der Waals surface area contributed by atoms with Crippen LogP contribution in [0.2, 0.25) is 0 Å². The van der Waals surface area contributed by atoms with Crippen LogP contribution in [0.1, 0.15) is 25.5 Å². The van der Waals surface area contributed by atoms with Crippen LogP contribution in [0.15, 0.2) is 29.4 Å². The number of aromatic nitrogens is 1. The number of carbonyl (C=O) groups is 1. The molecule has 0 fully saturated rings. The Morgan fingerprint density at radius 2 is 2.09 bits per heavy atom. The number of amides is 1. The summed E-state index contributed by atoms with van der Waals surface area (Å²) < 4.78 is 0. The molecule has 0 spiro atoms. The molecule has 124 valence electrons. The topological polar surface area (TPSA) is 69.6 Å². The molecule has 0 aliphatic heterocycles. The van der Waals surface area contributed by atoms with E-state index < -0.39 is 0 Å². The van der Waals surface area contributed by atoms with Crippen LogP contribution in [-0.2, 0) is 11.3 Å². The highest BCUT2D eigenvalue weighted by Gasteiger charge is 2.05. The molecule has 0 atom stereocenters.